The Morgan fingerprint density at radius 2 is 2.05 bits per heavy atom. The third-order valence-electron chi connectivity index (χ3n) is 3.33. The number of benzene rings is 1. The molecule has 0 bridgehead atoms. The second kappa shape index (κ2) is 7.28. The maximum absolute atomic E-state index is 11.9. The van der Waals surface area contributed by atoms with E-state index in [1.807, 2.05) is 18.2 Å². The van der Waals surface area contributed by atoms with Gasteiger partial charge < -0.3 is 15.1 Å². The fourth-order valence-corrected chi connectivity index (χ4v) is 2.60. The van der Waals surface area contributed by atoms with Gasteiger partial charge in [-0.05, 0) is 24.1 Å². The monoisotopic (exact) mass is 339 g/mol. The normalized spacial score (nSPS) is 15.1. The Morgan fingerprint density at radius 3 is 2.70 bits per heavy atom. The maximum Gasteiger partial charge on any atom is 0.317 e. The van der Waals surface area contributed by atoms with Crippen molar-refractivity contribution in [3.05, 3.63) is 34.3 Å². The number of hydrogen-bond donors (Lipinski definition) is 1. The summed E-state index contributed by atoms with van der Waals surface area (Å²) < 4.78 is 1.05. The van der Waals surface area contributed by atoms with Crippen LogP contribution >= 0.6 is 15.9 Å². The number of urea groups is 1. The molecule has 1 aromatic rings. The first-order chi connectivity index (χ1) is 9.69. The van der Waals surface area contributed by atoms with E-state index in [9.17, 15) is 9.59 Å². The van der Waals surface area contributed by atoms with Crippen LogP contribution in [0.5, 0.6) is 0 Å². The molecule has 1 aromatic carbocycles. The highest BCUT2D eigenvalue weighted by atomic mass is 79.9. The minimum atomic E-state index is -0.0504. The van der Waals surface area contributed by atoms with E-state index in [1.54, 1.807) is 9.80 Å². The Morgan fingerprint density at radius 1 is 1.30 bits per heavy atom. The molecule has 3 amide bonds. The minimum absolute atomic E-state index is 0.0504. The number of halogens is 1. The number of piperazine rings is 1. The Kier molecular flexibility index (Phi) is 5.40. The lowest BCUT2D eigenvalue weighted by atomic mass is 10.1. The lowest BCUT2D eigenvalue weighted by molar-refractivity contribution is -0.119. The highest BCUT2D eigenvalue weighted by Crippen LogP contribution is 2.11. The van der Waals surface area contributed by atoms with Gasteiger partial charge in [-0.1, -0.05) is 28.1 Å². The fraction of sp³-hybridized carbons (Fsp3) is 0.429. The van der Waals surface area contributed by atoms with E-state index in [2.05, 4.69) is 27.3 Å². The van der Waals surface area contributed by atoms with Crippen LogP contribution in [0.2, 0.25) is 0 Å². The van der Waals surface area contributed by atoms with Gasteiger partial charge in [0.2, 0.25) is 6.41 Å². The molecule has 20 heavy (non-hydrogen) atoms. The molecule has 1 saturated heterocycles. The molecule has 0 unspecified atom stereocenters. The molecule has 0 spiro atoms. The molecular formula is C14H18BrN3O2. The predicted molar refractivity (Wildman–Crippen MR) is 80.5 cm³/mol. The summed E-state index contributed by atoms with van der Waals surface area (Å²) in [4.78, 5) is 26.0. The van der Waals surface area contributed by atoms with E-state index in [-0.39, 0.29) is 6.03 Å². The van der Waals surface area contributed by atoms with E-state index >= 15 is 0 Å². The van der Waals surface area contributed by atoms with Gasteiger partial charge >= 0.3 is 6.03 Å². The Hall–Kier alpha value is -1.56. The van der Waals surface area contributed by atoms with Crippen LogP contribution in [0.1, 0.15) is 5.56 Å². The highest BCUT2D eigenvalue weighted by Gasteiger charge is 2.19. The van der Waals surface area contributed by atoms with Gasteiger partial charge in [0.15, 0.2) is 0 Å². The van der Waals surface area contributed by atoms with Gasteiger partial charge in [0.1, 0.15) is 0 Å². The number of amides is 3. The SMILES string of the molecule is O=CN1CCN(C(=O)NCCc2cccc(Br)c2)CC1. The molecule has 1 heterocycles. The summed E-state index contributed by atoms with van der Waals surface area (Å²) in [6.45, 7) is 3.04. The van der Waals surface area contributed by atoms with Crippen molar-refractivity contribution in [1.29, 1.82) is 0 Å². The number of carbonyl (C=O) groups excluding carboxylic acids is 2. The van der Waals surface area contributed by atoms with Crippen LogP contribution in [-0.2, 0) is 11.2 Å². The van der Waals surface area contributed by atoms with E-state index in [4.69, 9.17) is 0 Å². The summed E-state index contributed by atoms with van der Waals surface area (Å²) >= 11 is 3.43. The zero-order valence-corrected chi connectivity index (χ0v) is 12.8. The minimum Gasteiger partial charge on any atom is -0.342 e. The van der Waals surface area contributed by atoms with Crippen LogP contribution < -0.4 is 5.32 Å². The van der Waals surface area contributed by atoms with Crippen molar-refractivity contribution in [3.8, 4) is 0 Å². The zero-order chi connectivity index (χ0) is 14.4. The van der Waals surface area contributed by atoms with E-state index < -0.39 is 0 Å². The zero-order valence-electron chi connectivity index (χ0n) is 11.2. The van der Waals surface area contributed by atoms with Gasteiger partial charge in [0.25, 0.3) is 0 Å². The maximum atomic E-state index is 11.9. The average Bonchev–Trinajstić information content (AvgIpc) is 2.47. The molecule has 2 rings (SSSR count). The van der Waals surface area contributed by atoms with E-state index in [0.717, 1.165) is 17.3 Å². The molecule has 5 nitrogen and oxygen atoms in total. The van der Waals surface area contributed by atoms with E-state index in [0.29, 0.717) is 32.7 Å². The highest BCUT2D eigenvalue weighted by molar-refractivity contribution is 9.10. The first-order valence-corrected chi connectivity index (χ1v) is 7.45. The van der Waals surface area contributed by atoms with Crippen LogP contribution in [0.15, 0.2) is 28.7 Å². The van der Waals surface area contributed by atoms with Crippen molar-refractivity contribution in [3.63, 3.8) is 0 Å². The van der Waals surface area contributed by atoms with Crippen molar-refractivity contribution in [2.24, 2.45) is 0 Å². The lowest BCUT2D eigenvalue weighted by Crippen LogP contribution is -2.51. The third-order valence-corrected chi connectivity index (χ3v) is 3.82. The number of nitrogens with zero attached hydrogens (tertiary/aromatic N) is 2. The van der Waals surface area contributed by atoms with Crippen molar-refractivity contribution in [2.45, 2.75) is 6.42 Å². The molecule has 1 aliphatic rings. The van der Waals surface area contributed by atoms with Crippen molar-refractivity contribution in [2.75, 3.05) is 32.7 Å². The molecular weight excluding hydrogens is 322 g/mol. The first-order valence-electron chi connectivity index (χ1n) is 6.65. The van der Waals surface area contributed by atoms with Gasteiger partial charge in [0, 0.05) is 37.2 Å². The quantitative estimate of drug-likeness (QED) is 0.844. The van der Waals surface area contributed by atoms with Gasteiger partial charge in [-0.25, -0.2) is 4.79 Å². The molecule has 0 atom stereocenters. The van der Waals surface area contributed by atoms with Gasteiger partial charge in [-0.15, -0.1) is 0 Å². The molecule has 0 aliphatic carbocycles. The standard InChI is InChI=1S/C14H18BrN3O2/c15-13-3-1-2-12(10-13)4-5-16-14(20)18-8-6-17(11-19)7-9-18/h1-3,10-11H,4-9H2,(H,16,20). The van der Waals surface area contributed by atoms with Crippen molar-refractivity contribution >= 4 is 28.4 Å². The second-order valence-corrected chi connectivity index (χ2v) is 5.66. The Balaban J connectivity index is 1.71. The summed E-state index contributed by atoms with van der Waals surface area (Å²) in [6.07, 6.45) is 1.64. The molecule has 108 valence electrons. The topological polar surface area (TPSA) is 52.7 Å². The van der Waals surface area contributed by atoms with Crippen LogP contribution in [0, 0.1) is 0 Å². The molecule has 0 aromatic heterocycles. The average molecular weight is 340 g/mol. The third kappa shape index (κ3) is 4.23. The smallest absolute Gasteiger partial charge is 0.317 e. The van der Waals surface area contributed by atoms with Crippen LogP contribution in [-0.4, -0.2) is 55.0 Å². The predicted octanol–water partition coefficient (Wildman–Crippen LogP) is 1.48. The molecule has 1 fully saturated rings. The molecule has 6 heteroatoms. The van der Waals surface area contributed by atoms with Crippen molar-refractivity contribution < 1.29 is 9.59 Å². The van der Waals surface area contributed by atoms with Crippen molar-refractivity contribution in [1.82, 2.24) is 15.1 Å². The number of rotatable bonds is 4. The summed E-state index contributed by atoms with van der Waals surface area (Å²) in [5.74, 6) is 0. The van der Waals surface area contributed by atoms with E-state index in [1.165, 1.54) is 5.56 Å². The number of hydrogen-bond acceptors (Lipinski definition) is 2. The van der Waals surface area contributed by atoms with Gasteiger partial charge in [0.05, 0.1) is 0 Å². The molecule has 1 N–H and O–H groups in total. The summed E-state index contributed by atoms with van der Waals surface area (Å²) in [6, 6.07) is 8.01. The number of carbonyl (C=O) groups is 2. The van der Waals surface area contributed by atoms with Gasteiger partial charge in [-0.2, -0.15) is 0 Å². The van der Waals surface area contributed by atoms with Crippen LogP contribution in [0.3, 0.4) is 0 Å². The summed E-state index contributed by atoms with van der Waals surface area (Å²) in [5.41, 5.74) is 1.19. The summed E-state index contributed by atoms with van der Waals surface area (Å²) in [5, 5.41) is 2.92. The largest absolute Gasteiger partial charge is 0.342 e. The molecule has 1 aliphatic heterocycles. The number of nitrogens with one attached hydrogen (secondary N) is 1. The molecule has 0 saturated carbocycles. The van der Waals surface area contributed by atoms with Crippen LogP contribution in [0.4, 0.5) is 4.79 Å². The molecule has 0 radical (unpaired) electrons. The summed E-state index contributed by atoms with van der Waals surface area (Å²) in [7, 11) is 0. The second-order valence-electron chi connectivity index (χ2n) is 4.74. The van der Waals surface area contributed by atoms with Gasteiger partial charge in [-0.3, -0.25) is 4.79 Å². The first kappa shape index (κ1) is 14.8. The fourth-order valence-electron chi connectivity index (χ4n) is 2.15. The lowest BCUT2D eigenvalue weighted by Gasteiger charge is -2.32. The Bertz CT molecular complexity index is 473. The van der Waals surface area contributed by atoms with Crippen LogP contribution in [0.25, 0.3) is 0 Å². The Labute approximate surface area is 127 Å².